The molecule has 0 aliphatic heterocycles. The molecule has 3 atom stereocenters. The third kappa shape index (κ3) is 6.78. The second kappa shape index (κ2) is 7.70. The van der Waals surface area contributed by atoms with Crippen LogP contribution in [0.3, 0.4) is 0 Å². The molecule has 0 radical (unpaired) electrons. The van der Waals surface area contributed by atoms with Gasteiger partial charge >= 0.3 is 6.03 Å². The Morgan fingerprint density at radius 3 is 2.37 bits per heavy atom. The zero-order chi connectivity index (χ0) is 14.4. The number of aliphatic hydroxyl groups is 1. The van der Waals surface area contributed by atoms with Gasteiger partial charge in [-0.2, -0.15) is 0 Å². The Kier molecular flexibility index (Phi) is 6.58. The lowest BCUT2D eigenvalue weighted by molar-refractivity contribution is 0.163. The molecule has 0 aromatic rings. The smallest absolute Gasteiger partial charge is 0.314 e. The van der Waals surface area contributed by atoms with Crippen LogP contribution in [-0.4, -0.2) is 54.4 Å². The summed E-state index contributed by atoms with van der Waals surface area (Å²) in [7, 11) is 2.12. The van der Waals surface area contributed by atoms with Crippen LogP contribution in [-0.2, 0) is 0 Å². The number of hydrogen-bond donors (Lipinski definition) is 3. The first-order valence-corrected chi connectivity index (χ1v) is 7.31. The Labute approximate surface area is 116 Å². The third-order valence-electron chi connectivity index (χ3n) is 3.73. The molecular weight excluding hydrogens is 242 g/mol. The minimum atomic E-state index is -0.313. The standard InChI is InChI=1S/C14H29N3O2/c1-10(7-12(3)18)8-15-14(19)16-9-11(2)17(4)13-5-6-13/h10-13,18H,5-9H2,1-4H3,(H2,15,16,19). The quantitative estimate of drug-likeness (QED) is 0.621. The molecule has 1 aliphatic carbocycles. The predicted molar refractivity (Wildman–Crippen MR) is 77.1 cm³/mol. The van der Waals surface area contributed by atoms with E-state index in [9.17, 15) is 9.90 Å². The largest absolute Gasteiger partial charge is 0.393 e. The van der Waals surface area contributed by atoms with Gasteiger partial charge in [0, 0.05) is 25.2 Å². The second-order valence-corrected chi connectivity index (χ2v) is 6.03. The van der Waals surface area contributed by atoms with Crippen molar-refractivity contribution in [1.82, 2.24) is 15.5 Å². The number of carbonyl (C=O) groups excluding carboxylic acids is 1. The maximum Gasteiger partial charge on any atom is 0.314 e. The molecule has 0 heterocycles. The van der Waals surface area contributed by atoms with E-state index < -0.39 is 0 Å². The van der Waals surface area contributed by atoms with Crippen LogP contribution >= 0.6 is 0 Å². The molecule has 0 spiro atoms. The van der Waals surface area contributed by atoms with E-state index in [1.807, 2.05) is 6.92 Å². The molecule has 1 saturated carbocycles. The van der Waals surface area contributed by atoms with E-state index in [1.165, 1.54) is 12.8 Å². The fraction of sp³-hybridized carbons (Fsp3) is 0.929. The van der Waals surface area contributed by atoms with Gasteiger partial charge < -0.3 is 15.7 Å². The lowest BCUT2D eigenvalue weighted by Crippen LogP contribution is -2.45. The number of carbonyl (C=O) groups is 1. The molecule has 5 heteroatoms. The first-order valence-electron chi connectivity index (χ1n) is 7.31. The number of rotatable bonds is 8. The molecular formula is C14H29N3O2. The Hall–Kier alpha value is -0.810. The van der Waals surface area contributed by atoms with E-state index >= 15 is 0 Å². The number of aliphatic hydroxyl groups excluding tert-OH is 1. The van der Waals surface area contributed by atoms with E-state index in [-0.39, 0.29) is 18.1 Å². The summed E-state index contributed by atoms with van der Waals surface area (Å²) in [6.45, 7) is 7.20. The van der Waals surface area contributed by atoms with Crippen molar-refractivity contribution in [3.05, 3.63) is 0 Å². The zero-order valence-corrected chi connectivity index (χ0v) is 12.6. The number of amides is 2. The molecule has 0 aromatic carbocycles. The second-order valence-electron chi connectivity index (χ2n) is 6.03. The van der Waals surface area contributed by atoms with E-state index in [0.29, 0.717) is 31.6 Å². The molecule has 19 heavy (non-hydrogen) atoms. The van der Waals surface area contributed by atoms with Crippen LogP contribution in [0, 0.1) is 5.92 Å². The van der Waals surface area contributed by atoms with Crippen molar-refractivity contribution in [2.45, 2.75) is 58.2 Å². The first-order chi connectivity index (χ1) is 8.90. The van der Waals surface area contributed by atoms with E-state index in [2.05, 4.69) is 29.5 Å². The van der Waals surface area contributed by atoms with Gasteiger partial charge in [-0.1, -0.05) is 6.92 Å². The van der Waals surface area contributed by atoms with Crippen molar-refractivity contribution in [2.24, 2.45) is 5.92 Å². The highest BCUT2D eigenvalue weighted by Crippen LogP contribution is 2.26. The molecule has 3 unspecified atom stereocenters. The zero-order valence-electron chi connectivity index (χ0n) is 12.6. The van der Waals surface area contributed by atoms with Crippen molar-refractivity contribution >= 4 is 6.03 Å². The third-order valence-corrected chi connectivity index (χ3v) is 3.73. The van der Waals surface area contributed by atoms with Crippen LogP contribution in [0.1, 0.15) is 40.0 Å². The fourth-order valence-corrected chi connectivity index (χ4v) is 2.22. The van der Waals surface area contributed by atoms with Crippen LogP contribution in [0.4, 0.5) is 4.79 Å². The van der Waals surface area contributed by atoms with E-state index in [0.717, 1.165) is 0 Å². The number of nitrogens with one attached hydrogen (secondary N) is 2. The molecule has 1 aliphatic rings. The molecule has 0 saturated heterocycles. The van der Waals surface area contributed by atoms with Crippen molar-refractivity contribution in [3.8, 4) is 0 Å². The van der Waals surface area contributed by atoms with E-state index in [4.69, 9.17) is 0 Å². The van der Waals surface area contributed by atoms with Gasteiger partial charge in [-0.05, 0) is 46.1 Å². The minimum absolute atomic E-state index is 0.117. The first kappa shape index (κ1) is 16.2. The highest BCUT2D eigenvalue weighted by molar-refractivity contribution is 5.73. The van der Waals surface area contributed by atoms with Crippen molar-refractivity contribution < 1.29 is 9.90 Å². The monoisotopic (exact) mass is 271 g/mol. The van der Waals surface area contributed by atoms with Gasteiger partial charge in [0.05, 0.1) is 6.10 Å². The van der Waals surface area contributed by atoms with Crippen molar-refractivity contribution in [1.29, 1.82) is 0 Å². The van der Waals surface area contributed by atoms with Gasteiger partial charge in [0.25, 0.3) is 0 Å². The minimum Gasteiger partial charge on any atom is -0.393 e. The predicted octanol–water partition coefficient (Wildman–Crippen LogP) is 1.18. The van der Waals surface area contributed by atoms with Gasteiger partial charge in [-0.25, -0.2) is 4.79 Å². The molecule has 2 amide bonds. The highest BCUT2D eigenvalue weighted by atomic mass is 16.3. The highest BCUT2D eigenvalue weighted by Gasteiger charge is 2.29. The Bertz CT molecular complexity index is 280. The summed E-state index contributed by atoms with van der Waals surface area (Å²) in [6, 6.07) is 0.965. The molecule has 5 nitrogen and oxygen atoms in total. The summed E-state index contributed by atoms with van der Waals surface area (Å²) < 4.78 is 0. The lowest BCUT2D eigenvalue weighted by atomic mass is 10.1. The van der Waals surface area contributed by atoms with Gasteiger partial charge in [0.15, 0.2) is 0 Å². The van der Waals surface area contributed by atoms with Crippen molar-refractivity contribution in [3.63, 3.8) is 0 Å². The normalized spacial score (nSPS) is 19.9. The summed E-state index contributed by atoms with van der Waals surface area (Å²) in [5.41, 5.74) is 0. The topological polar surface area (TPSA) is 64.6 Å². The average Bonchev–Trinajstić information content (AvgIpc) is 3.15. The molecule has 1 fully saturated rings. The average molecular weight is 271 g/mol. The number of urea groups is 1. The van der Waals surface area contributed by atoms with E-state index in [1.54, 1.807) is 6.92 Å². The summed E-state index contributed by atoms with van der Waals surface area (Å²) >= 11 is 0. The van der Waals surface area contributed by atoms with Crippen LogP contribution in [0.5, 0.6) is 0 Å². The summed E-state index contributed by atoms with van der Waals surface area (Å²) in [4.78, 5) is 14.0. The number of likely N-dealkylation sites (N-methyl/N-ethyl adjacent to an activating group) is 1. The number of nitrogens with zero attached hydrogens (tertiary/aromatic N) is 1. The van der Waals surface area contributed by atoms with Gasteiger partial charge in [-0.3, -0.25) is 4.90 Å². The molecule has 3 N–H and O–H groups in total. The maximum absolute atomic E-state index is 11.6. The maximum atomic E-state index is 11.6. The van der Waals surface area contributed by atoms with Crippen LogP contribution < -0.4 is 10.6 Å². The SMILES string of the molecule is CC(O)CC(C)CNC(=O)NCC(C)N(C)C1CC1. The van der Waals surface area contributed by atoms with Crippen LogP contribution in [0.2, 0.25) is 0 Å². The fourth-order valence-electron chi connectivity index (χ4n) is 2.22. The Balaban J connectivity index is 2.10. The molecule has 1 rings (SSSR count). The Morgan fingerprint density at radius 2 is 1.84 bits per heavy atom. The van der Waals surface area contributed by atoms with Gasteiger partial charge in [0.2, 0.25) is 0 Å². The van der Waals surface area contributed by atoms with Crippen molar-refractivity contribution in [2.75, 3.05) is 20.1 Å². The Morgan fingerprint density at radius 1 is 1.26 bits per heavy atom. The summed E-state index contributed by atoms with van der Waals surface area (Å²) in [5.74, 6) is 0.289. The van der Waals surface area contributed by atoms with Gasteiger partial charge in [-0.15, -0.1) is 0 Å². The molecule has 0 aromatic heterocycles. The van der Waals surface area contributed by atoms with Crippen LogP contribution in [0.15, 0.2) is 0 Å². The van der Waals surface area contributed by atoms with Gasteiger partial charge in [0.1, 0.15) is 0 Å². The summed E-state index contributed by atoms with van der Waals surface area (Å²) in [6.07, 6.45) is 2.96. The molecule has 0 bridgehead atoms. The lowest BCUT2D eigenvalue weighted by Gasteiger charge is -2.24. The number of hydrogen-bond acceptors (Lipinski definition) is 3. The summed E-state index contributed by atoms with van der Waals surface area (Å²) in [5, 5.41) is 15.0. The van der Waals surface area contributed by atoms with Crippen LogP contribution in [0.25, 0.3) is 0 Å². The molecule has 112 valence electrons.